The highest BCUT2D eigenvalue weighted by Crippen LogP contribution is 2.45. The van der Waals surface area contributed by atoms with Crippen molar-refractivity contribution in [1.82, 2.24) is 60.9 Å². The van der Waals surface area contributed by atoms with E-state index >= 15 is 8.78 Å². The number of sulfonamides is 2. The van der Waals surface area contributed by atoms with Gasteiger partial charge in [-0.3, -0.25) is 19.6 Å². The fraction of sp³-hybridized carbons (Fsp3) is 0.567. The number of piperazine rings is 2. The summed E-state index contributed by atoms with van der Waals surface area (Å²) in [6.45, 7) is 12.5. The van der Waals surface area contributed by atoms with E-state index in [-0.39, 0.29) is 70.7 Å². The van der Waals surface area contributed by atoms with Crippen molar-refractivity contribution in [3.63, 3.8) is 0 Å². The third kappa shape index (κ3) is 18.3. The second-order valence-electron chi connectivity index (χ2n) is 23.4. The van der Waals surface area contributed by atoms with Crippen molar-refractivity contribution in [3.05, 3.63) is 115 Å². The molecule has 90 heavy (non-hydrogen) atoms. The zero-order valence-electron chi connectivity index (χ0n) is 50.0. The number of hydrogen-bond donors (Lipinski definition) is 8. The highest BCUT2D eigenvalue weighted by Gasteiger charge is 2.42. The van der Waals surface area contributed by atoms with Gasteiger partial charge in [-0.15, -0.1) is 0 Å². The van der Waals surface area contributed by atoms with Gasteiger partial charge < -0.3 is 50.8 Å². The lowest BCUT2D eigenvalue weighted by Crippen LogP contribution is -2.50. The van der Waals surface area contributed by atoms with Gasteiger partial charge in [0.1, 0.15) is 12.2 Å². The highest BCUT2D eigenvalue weighted by atomic mass is 35.5. The lowest BCUT2D eigenvalue weighted by molar-refractivity contribution is 0.0667. The molecule has 4 aliphatic heterocycles. The number of carbonyl (C=O) groups is 2. The molecule has 22 nitrogen and oxygen atoms in total. The Bertz CT molecular complexity index is 3150. The maximum Gasteiger partial charge on any atom is 0.314 e. The quantitative estimate of drug-likeness (QED) is 0.0322. The molecule has 6 atom stereocenters. The van der Waals surface area contributed by atoms with Crippen molar-refractivity contribution < 1.29 is 54.2 Å². The molecule has 30 heteroatoms. The van der Waals surface area contributed by atoms with Crippen molar-refractivity contribution in [2.24, 2.45) is 0 Å². The molecule has 494 valence electrons. The zero-order valence-corrected chi connectivity index (χ0v) is 54.6. The second kappa shape index (κ2) is 32.1. The molecule has 4 fully saturated rings. The molecule has 4 amide bonds. The van der Waals surface area contributed by atoms with Crippen molar-refractivity contribution >= 4 is 78.5 Å². The Morgan fingerprint density at radius 1 is 0.533 bits per heavy atom. The first-order chi connectivity index (χ1) is 43.4. The fourth-order valence-corrected chi connectivity index (χ4v) is 16.3. The summed E-state index contributed by atoms with van der Waals surface area (Å²) in [6, 6.07) is 12.8. The molecule has 4 saturated heterocycles. The predicted molar refractivity (Wildman–Crippen MR) is 340 cm³/mol. The number of amides is 4. The van der Waals surface area contributed by atoms with Crippen LogP contribution in [0.5, 0.6) is 11.5 Å². The number of hydrogen-bond acceptors (Lipinski definition) is 16. The first-order valence-corrected chi connectivity index (χ1v) is 35.3. The fourth-order valence-electron chi connectivity index (χ4n) is 12.6. The summed E-state index contributed by atoms with van der Waals surface area (Å²) < 4.78 is 115. The van der Waals surface area contributed by atoms with Crippen LogP contribution < -0.4 is 50.8 Å². The number of fused-ring (bicyclic) bond motifs is 2. The molecule has 8 N–H and O–H groups in total. The number of benzene rings is 4. The van der Waals surface area contributed by atoms with Gasteiger partial charge in [0.25, 0.3) is 0 Å². The number of likely N-dealkylation sites (tertiary alicyclic amines) is 2. The van der Waals surface area contributed by atoms with Gasteiger partial charge in [0, 0.05) is 148 Å². The van der Waals surface area contributed by atoms with Gasteiger partial charge in [0.05, 0.1) is 48.3 Å². The van der Waals surface area contributed by atoms with E-state index in [1.54, 1.807) is 24.3 Å². The minimum absolute atomic E-state index is 0.0604. The van der Waals surface area contributed by atoms with E-state index < -0.39 is 43.9 Å². The molecule has 4 heterocycles. The third-order valence-corrected chi connectivity index (χ3v) is 21.4. The Kier molecular flexibility index (Phi) is 24.4. The van der Waals surface area contributed by atoms with E-state index in [4.69, 9.17) is 65.4 Å². The number of urea groups is 2. The van der Waals surface area contributed by atoms with E-state index in [1.807, 2.05) is 0 Å². The number of carbonyl (C=O) groups excluding carboxylic acids is 2. The summed E-state index contributed by atoms with van der Waals surface area (Å²) in [5.41, 5.74) is 3.41. The van der Waals surface area contributed by atoms with E-state index in [9.17, 15) is 26.4 Å². The maximum absolute atomic E-state index is 15.7. The van der Waals surface area contributed by atoms with Crippen LogP contribution in [0.1, 0.15) is 60.1 Å². The number of rotatable bonds is 29. The summed E-state index contributed by atoms with van der Waals surface area (Å²) >= 11 is 26.0. The minimum atomic E-state index is -4.05. The molecular formula is C60H80Cl4F2N12O10S2. The van der Waals surface area contributed by atoms with Crippen LogP contribution in [-0.4, -0.2) is 217 Å². The van der Waals surface area contributed by atoms with Crippen LogP contribution in [0.4, 0.5) is 18.4 Å². The lowest BCUT2D eigenvalue weighted by Gasteiger charge is -2.36. The molecule has 0 radical (unpaired) electrons. The molecule has 0 bridgehead atoms. The van der Waals surface area contributed by atoms with Gasteiger partial charge in [0.15, 0.2) is 23.1 Å². The Labute approximate surface area is 545 Å². The van der Waals surface area contributed by atoms with Crippen LogP contribution >= 0.6 is 46.4 Å². The normalized spacial score (nSPS) is 22.6. The average molecular weight is 1370 g/mol. The molecule has 6 aliphatic rings. The molecular weight excluding hydrogens is 1290 g/mol. The van der Waals surface area contributed by atoms with Gasteiger partial charge in [-0.25, -0.2) is 44.6 Å². The molecule has 0 unspecified atom stereocenters. The minimum Gasteiger partial charge on any atom is -0.481 e. The van der Waals surface area contributed by atoms with Crippen molar-refractivity contribution in [1.29, 1.82) is 0 Å². The number of unbranched alkanes of at least 4 members (excludes halogenated alkanes) is 1. The largest absolute Gasteiger partial charge is 0.481 e. The topological polar surface area (TPSA) is 249 Å². The monoisotopic (exact) mass is 1370 g/mol. The average Bonchev–Trinajstić information content (AvgIpc) is 1.67. The Morgan fingerprint density at radius 3 is 1.33 bits per heavy atom. The maximum atomic E-state index is 15.7. The summed E-state index contributed by atoms with van der Waals surface area (Å²) in [5, 5.41) is 19.8. The Morgan fingerprint density at radius 2 is 0.933 bits per heavy atom. The Hall–Kier alpha value is -4.46. The van der Waals surface area contributed by atoms with Gasteiger partial charge in [-0.1, -0.05) is 46.4 Å². The predicted octanol–water partition coefficient (Wildman–Crippen LogP) is 5.30. The van der Waals surface area contributed by atoms with E-state index in [2.05, 4.69) is 60.9 Å². The zero-order chi connectivity index (χ0) is 63.4. The number of ether oxygens (including phenoxy) is 4. The van der Waals surface area contributed by atoms with Crippen LogP contribution in [0, 0.1) is 11.6 Å². The molecule has 0 saturated carbocycles. The molecule has 0 aromatic heterocycles. The van der Waals surface area contributed by atoms with Gasteiger partial charge in [-0.2, -0.15) is 0 Å². The molecule has 0 spiro atoms. The van der Waals surface area contributed by atoms with Crippen molar-refractivity contribution in [2.45, 2.75) is 84.7 Å². The first-order valence-electron chi connectivity index (χ1n) is 30.8. The summed E-state index contributed by atoms with van der Waals surface area (Å²) in [6.07, 6.45) is 2.54. The van der Waals surface area contributed by atoms with Crippen LogP contribution in [0.3, 0.4) is 0 Å². The highest BCUT2D eigenvalue weighted by molar-refractivity contribution is 7.89. The number of nitrogens with zero attached hydrogens (tertiary/aromatic N) is 4. The van der Waals surface area contributed by atoms with Gasteiger partial charge >= 0.3 is 12.1 Å². The summed E-state index contributed by atoms with van der Waals surface area (Å²) in [7, 11) is -8.10. The standard InChI is InChI=1S/C60H80Cl4F2N12O10S2/c61-39-29-47-45(49(63)31-39)35-53(77-19-11-67-12-20-77)57(47)87-55-5-3-43(33-51(55)65)89(81,82)73-41-7-17-75(37-41)23-27-85-25-15-71-59(79)69-9-1-2-10-70-60(80)72-16-26-86-28-24-76-18-8-42(38-76)74-90(83,84)44-4-6-56(52(66)34-44)88-58-48-30-40(62)32-50(64)46(48)36-54(58)78-21-13-68-14-22-78/h3-6,29-34,41-42,53-54,57-58,67-68,73-74H,1-2,7-28,35-38H2,(H2,69,71,79)(H2,70,72,80)/t41-,42-,53+,54+,57+,58+/m1/s1. The van der Waals surface area contributed by atoms with E-state index in [0.717, 1.165) is 86.7 Å². The molecule has 4 aromatic rings. The van der Waals surface area contributed by atoms with E-state index in [0.29, 0.717) is 137 Å². The first kappa shape index (κ1) is 68.4. The molecule has 4 aromatic carbocycles. The SMILES string of the molecule is O=C(NCCCCNC(=O)NCCOCCN1CC[C@@H](NS(=O)(=O)c2ccc(O[C@H]3c4cc(Cl)cc(Cl)c4C[C@@H]3N3CCNCC3)c(F)c2)C1)NCCOCCN1CC[C@@H](NS(=O)(=O)c2ccc(O[C@H]3c4cc(Cl)cc(Cl)c4C[C@@H]3N3CCNCC3)c(F)c2)C1. The number of halogens is 6. The Balaban J connectivity index is 0.526. The smallest absolute Gasteiger partial charge is 0.314 e. The molecule has 2 aliphatic carbocycles. The lowest BCUT2D eigenvalue weighted by atomic mass is 10.1. The van der Waals surface area contributed by atoms with Crippen molar-refractivity contribution in [2.75, 3.05) is 144 Å². The van der Waals surface area contributed by atoms with Crippen LogP contribution in [0.15, 0.2) is 70.5 Å². The van der Waals surface area contributed by atoms with Crippen LogP contribution in [-0.2, 0) is 42.4 Å². The van der Waals surface area contributed by atoms with E-state index in [1.165, 1.54) is 24.3 Å². The van der Waals surface area contributed by atoms with Crippen molar-refractivity contribution in [3.8, 4) is 11.5 Å². The van der Waals surface area contributed by atoms with Crippen LogP contribution in [0.25, 0.3) is 0 Å². The second-order valence-corrected chi connectivity index (χ2v) is 28.5. The van der Waals surface area contributed by atoms with Gasteiger partial charge in [0.2, 0.25) is 20.0 Å². The summed E-state index contributed by atoms with van der Waals surface area (Å²) in [5.74, 6) is -1.70. The van der Waals surface area contributed by atoms with Crippen LogP contribution in [0.2, 0.25) is 20.1 Å². The summed E-state index contributed by atoms with van der Waals surface area (Å²) in [4.78, 5) is 33.0. The number of nitrogens with one attached hydrogen (secondary N) is 8. The molecule has 10 rings (SSSR count). The third-order valence-electron chi connectivity index (χ3n) is 17.2. The van der Waals surface area contributed by atoms with Gasteiger partial charge in [-0.05, 0) is 123 Å².